The third kappa shape index (κ3) is 3.07. The van der Waals surface area contributed by atoms with Gasteiger partial charge in [0.05, 0.1) is 12.3 Å². The fourth-order valence-corrected chi connectivity index (χ4v) is 2.38. The average Bonchev–Trinajstić information content (AvgIpc) is 3.15. The molecule has 0 spiro atoms. The third-order valence-corrected chi connectivity index (χ3v) is 4.05. The summed E-state index contributed by atoms with van der Waals surface area (Å²) in [5, 5.41) is 9.00. The second-order valence-electron chi connectivity index (χ2n) is 5.58. The van der Waals surface area contributed by atoms with Gasteiger partial charge < -0.3 is 10.1 Å². The Balaban J connectivity index is 1.96. The zero-order valence-corrected chi connectivity index (χ0v) is 12.2. The predicted molar refractivity (Wildman–Crippen MR) is 74.8 cm³/mol. The summed E-state index contributed by atoms with van der Waals surface area (Å²) in [5.41, 5.74) is 1.24. The Morgan fingerprint density at radius 2 is 2.15 bits per heavy atom. The van der Waals surface area contributed by atoms with Gasteiger partial charge in [0.2, 0.25) is 0 Å². The first kappa shape index (κ1) is 14.7. The average molecular weight is 279 g/mol. The SMILES string of the molecule is COCC1(CCNC(=O)c2c(C)c(C)n[nH]c2=O)CC1. The van der Waals surface area contributed by atoms with Crippen molar-refractivity contribution in [2.45, 2.75) is 33.1 Å². The van der Waals surface area contributed by atoms with Gasteiger partial charge in [0.1, 0.15) is 5.56 Å². The number of rotatable bonds is 6. The van der Waals surface area contributed by atoms with Crippen molar-refractivity contribution in [2.75, 3.05) is 20.3 Å². The molecule has 2 rings (SSSR count). The van der Waals surface area contributed by atoms with Crippen LogP contribution in [0.2, 0.25) is 0 Å². The van der Waals surface area contributed by atoms with Crippen LogP contribution in [-0.4, -0.2) is 36.4 Å². The van der Waals surface area contributed by atoms with E-state index < -0.39 is 5.56 Å². The van der Waals surface area contributed by atoms with Crippen molar-refractivity contribution in [3.05, 3.63) is 27.2 Å². The quantitative estimate of drug-likeness (QED) is 0.811. The fraction of sp³-hybridized carbons (Fsp3) is 0.643. The van der Waals surface area contributed by atoms with E-state index in [2.05, 4.69) is 15.5 Å². The van der Waals surface area contributed by atoms with Crippen LogP contribution in [0.4, 0.5) is 0 Å². The first-order valence-corrected chi connectivity index (χ1v) is 6.82. The highest BCUT2D eigenvalue weighted by molar-refractivity contribution is 5.95. The van der Waals surface area contributed by atoms with Gasteiger partial charge in [0, 0.05) is 13.7 Å². The van der Waals surface area contributed by atoms with Crippen LogP contribution in [0.3, 0.4) is 0 Å². The first-order valence-electron chi connectivity index (χ1n) is 6.82. The van der Waals surface area contributed by atoms with E-state index in [0.29, 0.717) is 17.8 Å². The topological polar surface area (TPSA) is 84.1 Å². The van der Waals surface area contributed by atoms with Crippen LogP contribution in [0.1, 0.15) is 40.9 Å². The summed E-state index contributed by atoms with van der Waals surface area (Å²) in [4.78, 5) is 23.8. The van der Waals surface area contributed by atoms with E-state index in [1.807, 2.05) is 0 Å². The van der Waals surface area contributed by atoms with E-state index in [-0.39, 0.29) is 16.9 Å². The number of H-pyrrole nitrogens is 1. The summed E-state index contributed by atoms with van der Waals surface area (Å²) in [7, 11) is 1.70. The van der Waals surface area contributed by atoms with Crippen LogP contribution in [0.5, 0.6) is 0 Å². The van der Waals surface area contributed by atoms with E-state index in [0.717, 1.165) is 25.9 Å². The summed E-state index contributed by atoms with van der Waals surface area (Å²) in [6.07, 6.45) is 3.17. The molecule has 2 N–H and O–H groups in total. The Morgan fingerprint density at radius 3 is 2.75 bits per heavy atom. The number of nitrogens with zero attached hydrogens (tertiary/aromatic N) is 1. The van der Waals surface area contributed by atoms with Crippen molar-refractivity contribution in [1.29, 1.82) is 0 Å². The maximum atomic E-state index is 12.1. The minimum atomic E-state index is -0.441. The number of methoxy groups -OCH3 is 1. The molecule has 1 heterocycles. The number of carbonyl (C=O) groups excluding carboxylic acids is 1. The van der Waals surface area contributed by atoms with Gasteiger partial charge in [0.25, 0.3) is 11.5 Å². The van der Waals surface area contributed by atoms with Crippen molar-refractivity contribution in [2.24, 2.45) is 5.41 Å². The molecule has 1 aromatic heterocycles. The molecule has 0 saturated heterocycles. The molecule has 1 fully saturated rings. The van der Waals surface area contributed by atoms with Crippen molar-refractivity contribution in [3.63, 3.8) is 0 Å². The lowest BCUT2D eigenvalue weighted by molar-refractivity contribution is 0.0939. The molecule has 0 bridgehead atoms. The summed E-state index contributed by atoms with van der Waals surface area (Å²) in [6, 6.07) is 0. The molecule has 20 heavy (non-hydrogen) atoms. The van der Waals surface area contributed by atoms with Gasteiger partial charge in [-0.2, -0.15) is 5.10 Å². The fourth-order valence-electron chi connectivity index (χ4n) is 2.38. The number of aryl methyl sites for hydroxylation is 1. The number of ether oxygens (including phenoxy) is 1. The minimum Gasteiger partial charge on any atom is -0.384 e. The van der Waals surface area contributed by atoms with Crippen LogP contribution in [0.15, 0.2) is 4.79 Å². The lowest BCUT2D eigenvalue weighted by Crippen LogP contribution is -2.33. The molecule has 1 aliphatic carbocycles. The summed E-state index contributed by atoms with van der Waals surface area (Å²) < 4.78 is 5.19. The molecule has 6 nitrogen and oxygen atoms in total. The summed E-state index contributed by atoms with van der Waals surface area (Å²) >= 11 is 0. The first-order chi connectivity index (χ1) is 9.49. The number of carbonyl (C=O) groups is 1. The Morgan fingerprint density at radius 1 is 1.45 bits per heavy atom. The van der Waals surface area contributed by atoms with Crippen LogP contribution in [0, 0.1) is 19.3 Å². The zero-order valence-electron chi connectivity index (χ0n) is 12.2. The highest BCUT2D eigenvalue weighted by Gasteiger charge is 2.41. The molecule has 110 valence electrons. The number of aromatic amines is 1. The smallest absolute Gasteiger partial charge is 0.277 e. The minimum absolute atomic E-state index is 0.161. The largest absolute Gasteiger partial charge is 0.384 e. The highest BCUT2D eigenvalue weighted by atomic mass is 16.5. The number of aromatic nitrogens is 2. The van der Waals surface area contributed by atoms with Gasteiger partial charge in [-0.1, -0.05) is 0 Å². The van der Waals surface area contributed by atoms with Crippen LogP contribution in [0.25, 0.3) is 0 Å². The molecule has 1 amide bonds. The van der Waals surface area contributed by atoms with Gasteiger partial charge in [-0.05, 0) is 44.1 Å². The number of hydrogen-bond acceptors (Lipinski definition) is 4. The number of hydrogen-bond donors (Lipinski definition) is 2. The predicted octanol–water partition coefficient (Wildman–Crippen LogP) is 0.933. The van der Waals surface area contributed by atoms with Crippen LogP contribution < -0.4 is 10.9 Å². The van der Waals surface area contributed by atoms with Crippen LogP contribution >= 0.6 is 0 Å². The summed E-state index contributed by atoms with van der Waals surface area (Å²) in [6.45, 7) is 4.79. The molecule has 0 aromatic carbocycles. The number of amides is 1. The zero-order chi connectivity index (χ0) is 14.8. The molecular weight excluding hydrogens is 258 g/mol. The third-order valence-electron chi connectivity index (χ3n) is 4.05. The molecule has 0 aliphatic heterocycles. The standard InChI is InChI=1S/C14H21N3O3/c1-9-10(2)16-17-13(19)11(9)12(18)15-7-6-14(4-5-14)8-20-3/h4-8H2,1-3H3,(H,15,18)(H,17,19). The molecule has 0 unspecified atom stereocenters. The summed E-state index contributed by atoms with van der Waals surface area (Å²) in [5.74, 6) is -0.331. The van der Waals surface area contributed by atoms with Crippen molar-refractivity contribution in [1.82, 2.24) is 15.5 Å². The Kier molecular flexibility index (Phi) is 4.23. The molecule has 1 saturated carbocycles. The van der Waals surface area contributed by atoms with Crippen molar-refractivity contribution in [3.8, 4) is 0 Å². The van der Waals surface area contributed by atoms with Gasteiger partial charge in [-0.3, -0.25) is 9.59 Å². The van der Waals surface area contributed by atoms with Gasteiger partial charge in [0.15, 0.2) is 0 Å². The highest BCUT2D eigenvalue weighted by Crippen LogP contribution is 2.48. The second kappa shape index (κ2) is 5.75. The second-order valence-corrected chi connectivity index (χ2v) is 5.58. The molecule has 1 aliphatic rings. The van der Waals surface area contributed by atoms with Gasteiger partial charge >= 0.3 is 0 Å². The Bertz CT molecular complexity index is 561. The van der Waals surface area contributed by atoms with Crippen LogP contribution in [-0.2, 0) is 4.74 Å². The monoisotopic (exact) mass is 279 g/mol. The Hall–Kier alpha value is -1.69. The van der Waals surface area contributed by atoms with Crippen molar-refractivity contribution >= 4 is 5.91 Å². The normalized spacial score (nSPS) is 15.9. The molecule has 0 atom stereocenters. The number of nitrogens with one attached hydrogen (secondary N) is 2. The maximum absolute atomic E-state index is 12.1. The van der Waals surface area contributed by atoms with Gasteiger partial charge in [-0.15, -0.1) is 0 Å². The maximum Gasteiger partial charge on any atom is 0.277 e. The molecular formula is C14H21N3O3. The van der Waals surface area contributed by atoms with E-state index in [1.54, 1.807) is 21.0 Å². The van der Waals surface area contributed by atoms with E-state index >= 15 is 0 Å². The molecule has 6 heteroatoms. The van der Waals surface area contributed by atoms with E-state index in [1.165, 1.54) is 0 Å². The molecule has 0 radical (unpaired) electrons. The Labute approximate surface area is 117 Å². The lowest BCUT2D eigenvalue weighted by atomic mass is 10.0. The van der Waals surface area contributed by atoms with E-state index in [9.17, 15) is 9.59 Å². The lowest BCUT2D eigenvalue weighted by Gasteiger charge is -2.14. The van der Waals surface area contributed by atoms with Crippen molar-refractivity contribution < 1.29 is 9.53 Å². The van der Waals surface area contributed by atoms with Gasteiger partial charge in [-0.25, -0.2) is 5.10 Å². The van der Waals surface area contributed by atoms with E-state index in [4.69, 9.17) is 4.74 Å². The molecule has 1 aromatic rings.